The van der Waals surface area contributed by atoms with Crippen molar-refractivity contribution in [2.45, 2.75) is 5.60 Å². The van der Waals surface area contributed by atoms with Gasteiger partial charge in [-0.1, -0.05) is 24.3 Å². The number of Topliss-reactive ketones (excluding diaryl/α,β-unsaturated/α-hetero) is 1. The van der Waals surface area contributed by atoms with E-state index in [1.807, 2.05) is 25.4 Å². The molecule has 0 saturated carbocycles. The molecule has 0 radical (unpaired) electrons. The molecule has 0 saturated heterocycles. The number of aliphatic hydroxyl groups is 1. The third-order valence-corrected chi connectivity index (χ3v) is 3.20. The number of aromatic nitrogens is 1. The fourth-order valence-electron chi connectivity index (χ4n) is 2.34. The number of carbonyl (C=O) groups excluding carboxylic acids is 1. The zero-order valence-corrected chi connectivity index (χ0v) is 8.84. The van der Waals surface area contributed by atoms with Crippen molar-refractivity contribution in [2.75, 3.05) is 0 Å². The SMILES string of the molecule is Cn1cccc1[C@]1(O)C(=O)c2ccccc21. The van der Waals surface area contributed by atoms with Crippen LogP contribution in [-0.2, 0) is 12.6 Å². The van der Waals surface area contributed by atoms with Crippen LogP contribution in [-0.4, -0.2) is 15.5 Å². The number of aryl methyl sites for hydroxylation is 1. The van der Waals surface area contributed by atoms with E-state index in [9.17, 15) is 9.90 Å². The van der Waals surface area contributed by atoms with E-state index in [0.717, 1.165) is 0 Å². The molecular formula is C13H11NO2. The van der Waals surface area contributed by atoms with E-state index >= 15 is 0 Å². The highest BCUT2D eigenvalue weighted by Crippen LogP contribution is 2.43. The van der Waals surface area contributed by atoms with Gasteiger partial charge in [0, 0.05) is 24.4 Å². The summed E-state index contributed by atoms with van der Waals surface area (Å²) in [5, 5.41) is 10.5. The number of nitrogens with zero attached hydrogens (tertiary/aromatic N) is 1. The van der Waals surface area contributed by atoms with E-state index in [0.29, 0.717) is 16.8 Å². The van der Waals surface area contributed by atoms with Gasteiger partial charge in [0.05, 0.1) is 5.69 Å². The van der Waals surface area contributed by atoms with E-state index in [2.05, 4.69) is 0 Å². The lowest BCUT2D eigenvalue weighted by atomic mass is 9.70. The summed E-state index contributed by atoms with van der Waals surface area (Å²) in [4.78, 5) is 12.0. The quantitative estimate of drug-likeness (QED) is 0.779. The number of ketones is 1. The topological polar surface area (TPSA) is 42.2 Å². The Morgan fingerprint density at radius 1 is 1.19 bits per heavy atom. The van der Waals surface area contributed by atoms with Gasteiger partial charge in [-0.05, 0) is 12.1 Å². The Hall–Kier alpha value is -1.87. The first-order chi connectivity index (χ1) is 7.65. The summed E-state index contributed by atoms with van der Waals surface area (Å²) >= 11 is 0. The van der Waals surface area contributed by atoms with Crippen LogP contribution in [0.2, 0.25) is 0 Å². The fraction of sp³-hybridized carbons (Fsp3) is 0.154. The van der Waals surface area contributed by atoms with Crippen molar-refractivity contribution in [1.82, 2.24) is 4.57 Å². The molecule has 0 unspecified atom stereocenters. The van der Waals surface area contributed by atoms with Crippen LogP contribution in [0, 0.1) is 0 Å². The number of benzene rings is 1. The van der Waals surface area contributed by atoms with Crippen LogP contribution in [0.3, 0.4) is 0 Å². The maximum absolute atomic E-state index is 12.0. The smallest absolute Gasteiger partial charge is 0.205 e. The van der Waals surface area contributed by atoms with Gasteiger partial charge in [0.25, 0.3) is 0 Å². The van der Waals surface area contributed by atoms with Crippen LogP contribution >= 0.6 is 0 Å². The standard InChI is InChI=1S/C13H11NO2/c1-14-8-4-7-11(14)13(16)10-6-3-2-5-9(10)12(13)15/h2-8,16H,1H3/t13-/m0/s1. The summed E-state index contributed by atoms with van der Waals surface area (Å²) in [7, 11) is 1.82. The maximum atomic E-state index is 12.0. The van der Waals surface area contributed by atoms with Gasteiger partial charge < -0.3 is 9.67 Å². The van der Waals surface area contributed by atoms with Crippen LogP contribution in [0.15, 0.2) is 42.6 Å². The number of fused-ring (bicyclic) bond motifs is 1. The van der Waals surface area contributed by atoms with Crippen molar-refractivity contribution in [3.8, 4) is 0 Å². The second kappa shape index (κ2) is 2.83. The zero-order chi connectivity index (χ0) is 11.3. The minimum atomic E-state index is -1.45. The Balaban J connectivity index is 2.24. The van der Waals surface area contributed by atoms with Gasteiger partial charge in [-0.2, -0.15) is 0 Å². The molecule has 0 amide bonds. The van der Waals surface area contributed by atoms with Crippen molar-refractivity contribution >= 4 is 5.78 Å². The van der Waals surface area contributed by atoms with Crippen LogP contribution in [0.1, 0.15) is 21.6 Å². The second-order valence-electron chi connectivity index (χ2n) is 4.09. The van der Waals surface area contributed by atoms with Crippen LogP contribution in [0.4, 0.5) is 0 Å². The molecule has 0 fully saturated rings. The van der Waals surface area contributed by atoms with Gasteiger partial charge >= 0.3 is 0 Å². The Morgan fingerprint density at radius 2 is 1.94 bits per heavy atom. The summed E-state index contributed by atoms with van der Waals surface area (Å²) in [6, 6.07) is 10.8. The fourth-order valence-corrected chi connectivity index (χ4v) is 2.34. The highest BCUT2D eigenvalue weighted by molar-refractivity contribution is 6.14. The number of rotatable bonds is 1. The van der Waals surface area contributed by atoms with E-state index in [1.54, 1.807) is 28.8 Å². The van der Waals surface area contributed by atoms with E-state index in [1.165, 1.54) is 0 Å². The van der Waals surface area contributed by atoms with Gasteiger partial charge in [-0.15, -0.1) is 0 Å². The van der Waals surface area contributed by atoms with E-state index in [4.69, 9.17) is 0 Å². The average molecular weight is 213 g/mol. The van der Waals surface area contributed by atoms with Crippen molar-refractivity contribution in [3.05, 3.63) is 59.4 Å². The number of carbonyl (C=O) groups is 1. The Morgan fingerprint density at radius 3 is 2.62 bits per heavy atom. The van der Waals surface area contributed by atoms with Gasteiger partial charge in [-0.3, -0.25) is 4.79 Å². The summed E-state index contributed by atoms with van der Waals surface area (Å²) in [5.41, 5.74) is 0.485. The van der Waals surface area contributed by atoms with Gasteiger partial charge in [0.15, 0.2) is 5.60 Å². The highest BCUT2D eigenvalue weighted by atomic mass is 16.3. The molecule has 0 bridgehead atoms. The first-order valence-electron chi connectivity index (χ1n) is 5.14. The third-order valence-electron chi connectivity index (χ3n) is 3.20. The molecule has 1 aromatic carbocycles. The van der Waals surface area contributed by atoms with Gasteiger partial charge in [0.2, 0.25) is 5.78 Å². The highest BCUT2D eigenvalue weighted by Gasteiger charge is 2.52. The van der Waals surface area contributed by atoms with Crippen LogP contribution in [0.5, 0.6) is 0 Å². The normalized spacial score (nSPS) is 22.8. The Kier molecular flexibility index (Phi) is 1.66. The number of hydrogen-bond acceptors (Lipinski definition) is 2. The molecule has 1 heterocycles. The van der Waals surface area contributed by atoms with E-state index in [-0.39, 0.29) is 5.78 Å². The molecule has 3 nitrogen and oxygen atoms in total. The monoisotopic (exact) mass is 213 g/mol. The lowest BCUT2D eigenvalue weighted by Crippen LogP contribution is -2.48. The summed E-state index contributed by atoms with van der Waals surface area (Å²) in [5.74, 6) is -0.218. The third kappa shape index (κ3) is 0.888. The first-order valence-corrected chi connectivity index (χ1v) is 5.14. The van der Waals surface area contributed by atoms with Crippen LogP contribution < -0.4 is 0 Å². The number of hydrogen-bond donors (Lipinski definition) is 1. The maximum Gasteiger partial charge on any atom is 0.205 e. The molecule has 3 rings (SSSR count). The van der Waals surface area contributed by atoms with Crippen molar-refractivity contribution in [3.63, 3.8) is 0 Å². The zero-order valence-electron chi connectivity index (χ0n) is 8.84. The molecular weight excluding hydrogens is 202 g/mol. The first kappa shape index (κ1) is 9.36. The van der Waals surface area contributed by atoms with Crippen molar-refractivity contribution in [1.29, 1.82) is 0 Å². The van der Waals surface area contributed by atoms with Crippen molar-refractivity contribution in [2.24, 2.45) is 7.05 Å². The summed E-state index contributed by atoms with van der Waals surface area (Å²) < 4.78 is 1.77. The molecule has 0 aliphatic heterocycles. The molecule has 1 aliphatic carbocycles. The Bertz CT molecular complexity index is 585. The molecule has 1 aliphatic rings. The molecule has 2 aromatic rings. The second-order valence-corrected chi connectivity index (χ2v) is 4.09. The van der Waals surface area contributed by atoms with Gasteiger partial charge in [-0.25, -0.2) is 0 Å². The predicted molar refractivity (Wildman–Crippen MR) is 59.2 cm³/mol. The van der Waals surface area contributed by atoms with Crippen LogP contribution in [0.25, 0.3) is 0 Å². The average Bonchev–Trinajstić information content (AvgIpc) is 2.74. The lowest BCUT2D eigenvalue weighted by Gasteiger charge is -2.37. The molecule has 1 atom stereocenters. The summed E-state index contributed by atoms with van der Waals surface area (Å²) in [6.07, 6.45) is 1.82. The molecule has 3 heteroatoms. The molecule has 0 spiro atoms. The van der Waals surface area contributed by atoms with E-state index < -0.39 is 5.60 Å². The largest absolute Gasteiger partial charge is 0.372 e. The van der Waals surface area contributed by atoms with Gasteiger partial charge in [0.1, 0.15) is 0 Å². The molecule has 16 heavy (non-hydrogen) atoms. The minimum Gasteiger partial charge on any atom is -0.372 e. The Labute approximate surface area is 93.0 Å². The molecule has 80 valence electrons. The predicted octanol–water partition coefficient (Wildman–Crippen LogP) is 1.46. The minimum absolute atomic E-state index is 0.218. The molecule has 1 N–H and O–H groups in total. The summed E-state index contributed by atoms with van der Waals surface area (Å²) in [6.45, 7) is 0. The molecule has 1 aromatic heterocycles. The lowest BCUT2D eigenvalue weighted by molar-refractivity contribution is 0.0348. The van der Waals surface area contributed by atoms with Crippen molar-refractivity contribution < 1.29 is 9.90 Å².